The highest BCUT2D eigenvalue weighted by molar-refractivity contribution is 6.32. The maximum atomic E-state index is 10.7. The lowest BCUT2D eigenvalue weighted by Gasteiger charge is -2.07. The van der Waals surface area contributed by atoms with Crippen molar-refractivity contribution in [1.29, 1.82) is 0 Å². The molecule has 0 atom stereocenters. The zero-order valence-electron chi connectivity index (χ0n) is 8.92. The summed E-state index contributed by atoms with van der Waals surface area (Å²) in [7, 11) is 1.78. The summed E-state index contributed by atoms with van der Waals surface area (Å²) in [4.78, 5) is 14.7. The minimum atomic E-state index is -1.03. The topological polar surface area (TPSA) is 64.4 Å². The average molecular weight is 253 g/mol. The van der Waals surface area contributed by atoms with Gasteiger partial charge in [0.15, 0.2) is 0 Å². The average Bonchev–Trinajstić information content (AvgIpc) is 2.67. The van der Waals surface area contributed by atoms with Crippen LogP contribution in [0.25, 0.3) is 0 Å². The Labute approximate surface area is 102 Å². The minimum absolute atomic E-state index is 0.113. The second-order valence-electron chi connectivity index (χ2n) is 3.37. The lowest BCUT2D eigenvalue weighted by Crippen LogP contribution is -1.98. The Morgan fingerprint density at radius 1 is 1.53 bits per heavy atom. The van der Waals surface area contributed by atoms with E-state index in [1.54, 1.807) is 24.0 Å². The predicted octanol–water partition coefficient (Wildman–Crippen LogP) is 2.56. The highest BCUT2D eigenvalue weighted by Crippen LogP contribution is 2.29. The normalized spacial score (nSPS) is 10.2. The molecule has 6 heteroatoms. The molecule has 1 N–H and O–H groups in total. The molecule has 17 heavy (non-hydrogen) atoms. The van der Waals surface area contributed by atoms with Gasteiger partial charge < -0.3 is 14.4 Å². The van der Waals surface area contributed by atoms with Crippen molar-refractivity contribution >= 4 is 17.6 Å². The van der Waals surface area contributed by atoms with Crippen molar-refractivity contribution in [2.24, 2.45) is 7.05 Å². The van der Waals surface area contributed by atoms with Crippen LogP contribution in [-0.2, 0) is 7.05 Å². The molecule has 1 aromatic heterocycles. The van der Waals surface area contributed by atoms with Crippen LogP contribution < -0.4 is 4.74 Å². The quantitative estimate of drug-likeness (QED) is 0.912. The Balaban J connectivity index is 2.29. The third-order valence-corrected chi connectivity index (χ3v) is 2.45. The molecule has 0 unspecified atom stereocenters. The summed E-state index contributed by atoms with van der Waals surface area (Å²) in [5, 5.41) is 9.01. The van der Waals surface area contributed by atoms with Gasteiger partial charge in [0.2, 0.25) is 0 Å². The number of aromatic carboxylic acids is 1. The van der Waals surface area contributed by atoms with Crippen molar-refractivity contribution in [3.63, 3.8) is 0 Å². The first-order valence-electron chi connectivity index (χ1n) is 4.76. The van der Waals surface area contributed by atoms with E-state index >= 15 is 0 Å². The highest BCUT2D eigenvalue weighted by Gasteiger charge is 2.10. The molecule has 1 heterocycles. The molecule has 5 nitrogen and oxygen atoms in total. The number of aryl methyl sites for hydroxylation is 1. The standard InChI is InChI=1S/C11H9ClN2O3/c1-14-5-4-13-11(14)17-9-3-2-7(10(15)16)6-8(9)12/h2-6H,1H3,(H,15,16). The van der Waals surface area contributed by atoms with Gasteiger partial charge >= 0.3 is 12.0 Å². The van der Waals surface area contributed by atoms with Gasteiger partial charge in [0, 0.05) is 19.4 Å². The number of halogens is 1. The van der Waals surface area contributed by atoms with Gasteiger partial charge in [-0.1, -0.05) is 11.6 Å². The van der Waals surface area contributed by atoms with Crippen LogP contribution in [0.5, 0.6) is 11.8 Å². The summed E-state index contributed by atoms with van der Waals surface area (Å²) in [5.41, 5.74) is 0.113. The van der Waals surface area contributed by atoms with Gasteiger partial charge in [-0.2, -0.15) is 0 Å². The van der Waals surface area contributed by atoms with E-state index in [1.165, 1.54) is 18.2 Å². The number of carbonyl (C=O) groups is 1. The van der Waals surface area contributed by atoms with Crippen molar-refractivity contribution in [3.8, 4) is 11.8 Å². The van der Waals surface area contributed by atoms with Gasteiger partial charge in [-0.05, 0) is 18.2 Å². The molecule has 2 rings (SSSR count). The lowest BCUT2D eigenvalue weighted by molar-refractivity contribution is 0.0697. The van der Waals surface area contributed by atoms with E-state index in [9.17, 15) is 4.79 Å². The molecular weight excluding hydrogens is 244 g/mol. The number of hydrogen-bond donors (Lipinski definition) is 1. The first kappa shape index (κ1) is 11.5. The first-order valence-corrected chi connectivity index (χ1v) is 5.14. The van der Waals surface area contributed by atoms with Crippen molar-refractivity contribution in [2.45, 2.75) is 0 Å². The van der Waals surface area contributed by atoms with Crippen molar-refractivity contribution in [1.82, 2.24) is 9.55 Å². The van der Waals surface area contributed by atoms with Crippen LogP contribution in [0.4, 0.5) is 0 Å². The molecule has 0 spiro atoms. The SMILES string of the molecule is Cn1ccnc1Oc1ccc(C(=O)O)cc1Cl. The van der Waals surface area contributed by atoms with Gasteiger partial charge in [0.25, 0.3) is 0 Å². The van der Waals surface area contributed by atoms with Gasteiger partial charge in [0.1, 0.15) is 5.75 Å². The number of rotatable bonds is 3. The molecule has 0 aliphatic carbocycles. The van der Waals surface area contributed by atoms with Crippen LogP contribution in [0.15, 0.2) is 30.6 Å². The number of benzene rings is 1. The Bertz CT molecular complexity index is 566. The summed E-state index contributed by atoms with van der Waals surface area (Å²) in [5.74, 6) is -0.665. The van der Waals surface area contributed by atoms with E-state index in [1.807, 2.05) is 0 Å². The Kier molecular flexibility index (Phi) is 3.01. The minimum Gasteiger partial charge on any atom is -0.478 e. The highest BCUT2D eigenvalue weighted by atomic mass is 35.5. The van der Waals surface area contributed by atoms with Gasteiger partial charge in [-0.25, -0.2) is 9.78 Å². The van der Waals surface area contributed by atoms with Crippen LogP contribution in [0.2, 0.25) is 5.02 Å². The van der Waals surface area contributed by atoms with Crippen molar-refractivity contribution in [3.05, 3.63) is 41.2 Å². The summed E-state index contributed by atoms with van der Waals surface area (Å²) >= 11 is 5.92. The number of imidazole rings is 1. The monoisotopic (exact) mass is 252 g/mol. The third-order valence-electron chi connectivity index (χ3n) is 2.16. The molecule has 88 valence electrons. The van der Waals surface area contributed by atoms with Crippen molar-refractivity contribution in [2.75, 3.05) is 0 Å². The second kappa shape index (κ2) is 4.47. The van der Waals surface area contributed by atoms with Gasteiger partial charge in [-0.3, -0.25) is 0 Å². The zero-order valence-corrected chi connectivity index (χ0v) is 9.68. The summed E-state index contributed by atoms with van der Waals surface area (Å²) < 4.78 is 7.12. The largest absolute Gasteiger partial charge is 0.478 e. The summed E-state index contributed by atoms with van der Waals surface area (Å²) in [6.45, 7) is 0. The van der Waals surface area contributed by atoms with E-state index in [4.69, 9.17) is 21.4 Å². The van der Waals surface area contributed by atoms with Crippen LogP contribution in [0.1, 0.15) is 10.4 Å². The maximum absolute atomic E-state index is 10.7. The Morgan fingerprint density at radius 3 is 2.82 bits per heavy atom. The summed E-state index contributed by atoms with van der Waals surface area (Å²) in [6.07, 6.45) is 3.32. The molecule has 0 saturated carbocycles. The molecule has 0 aliphatic rings. The van der Waals surface area contributed by atoms with Crippen LogP contribution in [0, 0.1) is 0 Å². The molecule has 0 bridgehead atoms. The number of nitrogens with zero attached hydrogens (tertiary/aromatic N) is 2. The molecular formula is C11H9ClN2O3. The van der Waals surface area contributed by atoms with E-state index in [2.05, 4.69) is 4.98 Å². The van der Waals surface area contributed by atoms with Crippen LogP contribution >= 0.6 is 11.6 Å². The molecule has 0 amide bonds. The molecule has 0 fully saturated rings. The molecule has 0 saturated heterocycles. The number of carboxylic acids is 1. The van der Waals surface area contributed by atoms with Crippen LogP contribution in [0.3, 0.4) is 0 Å². The van der Waals surface area contributed by atoms with E-state index in [0.29, 0.717) is 11.8 Å². The van der Waals surface area contributed by atoms with E-state index in [0.717, 1.165) is 0 Å². The van der Waals surface area contributed by atoms with E-state index in [-0.39, 0.29) is 10.6 Å². The fourth-order valence-electron chi connectivity index (χ4n) is 1.27. The molecule has 1 aromatic carbocycles. The fraction of sp³-hybridized carbons (Fsp3) is 0.0909. The Morgan fingerprint density at radius 2 is 2.29 bits per heavy atom. The fourth-order valence-corrected chi connectivity index (χ4v) is 1.48. The number of ether oxygens (including phenoxy) is 1. The Hall–Kier alpha value is -2.01. The first-order chi connectivity index (χ1) is 8.08. The lowest BCUT2D eigenvalue weighted by atomic mass is 10.2. The zero-order chi connectivity index (χ0) is 12.4. The maximum Gasteiger partial charge on any atom is 0.335 e. The van der Waals surface area contributed by atoms with Crippen LogP contribution in [-0.4, -0.2) is 20.6 Å². The van der Waals surface area contributed by atoms with E-state index < -0.39 is 5.97 Å². The number of hydrogen-bond acceptors (Lipinski definition) is 3. The van der Waals surface area contributed by atoms with Crippen molar-refractivity contribution < 1.29 is 14.6 Å². The van der Waals surface area contributed by atoms with Gasteiger partial charge in [-0.15, -0.1) is 0 Å². The summed E-state index contributed by atoms with van der Waals surface area (Å²) in [6, 6.07) is 4.64. The molecule has 0 aliphatic heterocycles. The predicted molar refractivity (Wildman–Crippen MR) is 61.7 cm³/mol. The smallest absolute Gasteiger partial charge is 0.335 e. The molecule has 2 aromatic rings. The number of carboxylic acid groups (broad SMARTS) is 1. The second-order valence-corrected chi connectivity index (χ2v) is 3.78. The molecule has 0 radical (unpaired) electrons. The third kappa shape index (κ3) is 2.39. The van der Waals surface area contributed by atoms with Gasteiger partial charge in [0.05, 0.1) is 10.6 Å². The number of aromatic nitrogens is 2.